The zero-order valence-electron chi connectivity index (χ0n) is 11.5. The van der Waals surface area contributed by atoms with Gasteiger partial charge in [-0.2, -0.15) is 0 Å². The number of fused-ring (bicyclic) bond motifs is 1. The quantitative estimate of drug-likeness (QED) is 0.775. The lowest BCUT2D eigenvalue weighted by Gasteiger charge is -2.07. The van der Waals surface area contributed by atoms with Crippen LogP contribution in [0.1, 0.15) is 18.3 Å². The Hall–Kier alpha value is -2.49. The maximum atomic E-state index is 12.1. The second kappa shape index (κ2) is 4.89. The van der Waals surface area contributed by atoms with Crippen LogP contribution in [0.5, 0.6) is 0 Å². The van der Waals surface area contributed by atoms with Gasteiger partial charge in [0.15, 0.2) is 11.3 Å². The van der Waals surface area contributed by atoms with E-state index in [0.29, 0.717) is 22.6 Å². The van der Waals surface area contributed by atoms with E-state index in [9.17, 15) is 4.79 Å². The molecule has 0 aliphatic rings. The van der Waals surface area contributed by atoms with Crippen molar-refractivity contribution in [1.82, 2.24) is 15.0 Å². The molecule has 4 nitrogen and oxygen atoms in total. The third-order valence-electron chi connectivity index (χ3n) is 3.33. The fourth-order valence-electron chi connectivity index (χ4n) is 2.28. The number of nitrogens with zero attached hydrogens (tertiary/aromatic N) is 2. The summed E-state index contributed by atoms with van der Waals surface area (Å²) in [6.45, 7) is 3.85. The van der Waals surface area contributed by atoms with Crippen LogP contribution in [0.15, 0.2) is 41.2 Å². The van der Waals surface area contributed by atoms with E-state index in [-0.39, 0.29) is 5.43 Å². The van der Waals surface area contributed by atoms with Crippen molar-refractivity contribution in [1.29, 1.82) is 0 Å². The molecule has 0 saturated heterocycles. The van der Waals surface area contributed by atoms with Crippen molar-refractivity contribution in [2.24, 2.45) is 0 Å². The van der Waals surface area contributed by atoms with E-state index in [1.54, 1.807) is 6.07 Å². The van der Waals surface area contributed by atoms with E-state index < -0.39 is 0 Å². The maximum Gasteiger partial charge on any atom is 0.193 e. The van der Waals surface area contributed by atoms with Crippen LogP contribution in [-0.2, 0) is 6.42 Å². The highest BCUT2D eigenvalue weighted by molar-refractivity contribution is 5.79. The first-order valence-corrected chi connectivity index (χ1v) is 6.65. The molecule has 0 fully saturated rings. The third-order valence-corrected chi connectivity index (χ3v) is 3.33. The Morgan fingerprint density at radius 1 is 1.15 bits per heavy atom. The molecule has 0 aliphatic carbocycles. The number of aromatic nitrogens is 3. The van der Waals surface area contributed by atoms with Crippen LogP contribution in [0.2, 0.25) is 0 Å². The highest BCUT2D eigenvalue weighted by atomic mass is 16.1. The lowest BCUT2D eigenvalue weighted by atomic mass is 10.1. The Kier molecular flexibility index (Phi) is 3.06. The number of aromatic amines is 1. The number of rotatable bonds is 2. The van der Waals surface area contributed by atoms with Crippen LogP contribution < -0.4 is 5.43 Å². The van der Waals surface area contributed by atoms with E-state index in [0.717, 1.165) is 17.7 Å². The standard InChI is InChI=1S/C16H15N3O/c1-3-12-9-13(20)14-10(2)17-15(19-16(14)18-12)11-7-5-4-6-8-11/h4-9H,3H2,1-2H3,(H,17,18,19,20). The van der Waals surface area contributed by atoms with Crippen LogP contribution in [0.3, 0.4) is 0 Å². The summed E-state index contributed by atoms with van der Waals surface area (Å²) in [5.41, 5.74) is 3.13. The van der Waals surface area contributed by atoms with Crippen LogP contribution in [-0.4, -0.2) is 15.0 Å². The van der Waals surface area contributed by atoms with Crippen LogP contribution >= 0.6 is 0 Å². The fraction of sp³-hybridized carbons (Fsp3) is 0.188. The number of nitrogens with one attached hydrogen (secondary N) is 1. The van der Waals surface area contributed by atoms with Crippen LogP contribution in [0, 0.1) is 6.92 Å². The van der Waals surface area contributed by atoms with E-state index in [2.05, 4.69) is 15.0 Å². The van der Waals surface area contributed by atoms with Crippen molar-refractivity contribution < 1.29 is 0 Å². The summed E-state index contributed by atoms with van der Waals surface area (Å²) in [6, 6.07) is 11.4. The van der Waals surface area contributed by atoms with Gasteiger partial charge in [0.2, 0.25) is 0 Å². The topological polar surface area (TPSA) is 58.6 Å². The van der Waals surface area contributed by atoms with Crippen molar-refractivity contribution >= 4 is 11.0 Å². The summed E-state index contributed by atoms with van der Waals surface area (Å²) in [7, 11) is 0. The summed E-state index contributed by atoms with van der Waals surface area (Å²) in [4.78, 5) is 24.3. The van der Waals surface area contributed by atoms with Crippen molar-refractivity contribution in [3.05, 3.63) is 58.0 Å². The van der Waals surface area contributed by atoms with Crippen molar-refractivity contribution in [2.75, 3.05) is 0 Å². The van der Waals surface area contributed by atoms with Gasteiger partial charge in [-0.3, -0.25) is 4.79 Å². The molecule has 0 amide bonds. The Balaban J connectivity index is 2.31. The molecule has 0 bridgehead atoms. The number of H-pyrrole nitrogens is 1. The van der Waals surface area contributed by atoms with Gasteiger partial charge in [0.1, 0.15) is 5.65 Å². The van der Waals surface area contributed by atoms with E-state index in [4.69, 9.17) is 0 Å². The molecule has 20 heavy (non-hydrogen) atoms. The number of benzene rings is 1. The zero-order chi connectivity index (χ0) is 14.1. The van der Waals surface area contributed by atoms with Gasteiger partial charge >= 0.3 is 0 Å². The van der Waals surface area contributed by atoms with Gasteiger partial charge in [0.05, 0.1) is 11.1 Å². The first kappa shape index (κ1) is 12.5. The van der Waals surface area contributed by atoms with Crippen LogP contribution in [0.25, 0.3) is 22.4 Å². The van der Waals surface area contributed by atoms with Gasteiger partial charge in [0, 0.05) is 17.3 Å². The van der Waals surface area contributed by atoms with E-state index in [1.807, 2.05) is 44.2 Å². The summed E-state index contributed by atoms with van der Waals surface area (Å²) >= 11 is 0. The van der Waals surface area contributed by atoms with E-state index in [1.165, 1.54) is 0 Å². The third kappa shape index (κ3) is 2.09. The van der Waals surface area contributed by atoms with E-state index >= 15 is 0 Å². The predicted molar refractivity (Wildman–Crippen MR) is 79.7 cm³/mol. The summed E-state index contributed by atoms with van der Waals surface area (Å²) in [5, 5.41) is 0.571. The normalized spacial score (nSPS) is 10.9. The molecule has 1 N–H and O–H groups in total. The molecule has 0 atom stereocenters. The highest BCUT2D eigenvalue weighted by Crippen LogP contribution is 2.18. The average Bonchev–Trinajstić information content (AvgIpc) is 2.47. The van der Waals surface area contributed by atoms with Crippen LogP contribution in [0.4, 0.5) is 0 Å². The average molecular weight is 265 g/mol. The molecule has 2 aromatic heterocycles. The molecule has 2 heterocycles. The smallest absolute Gasteiger partial charge is 0.193 e. The number of hydrogen-bond donors (Lipinski definition) is 1. The molecule has 0 radical (unpaired) electrons. The minimum Gasteiger partial charge on any atom is -0.343 e. The number of aryl methyl sites for hydroxylation is 2. The molecular formula is C16H15N3O. The monoisotopic (exact) mass is 265 g/mol. The lowest BCUT2D eigenvalue weighted by Crippen LogP contribution is -2.09. The fourth-order valence-corrected chi connectivity index (χ4v) is 2.28. The molecule has 4 heteroatoms. The van der Waals surface area contributed by atoms with Gasteiger partial charge in [-0.1, -0.05) is 37.3 Å². The molecular weight excluding hydrogens is 250 g/mol. The summed E-state index contributed by atoms with van der Waals surface area (Å²) in [6.07, 6.45) is 0.773. The zero-order valence-corrected chi connectivity index (χ0v) is 11.5. The van der Waals surface area contributed by atoms with Gasteiger partial charge in [-0.05, 0) is 13.3 Å². The molecule has 3 aromatic rings. The largest absolute Gasteiger partial charge is 0.343 e. The Morgan fingerprint density at radius 3 is 2.60 bits per heavy atom. The molecule has 0 saturated carbocycles. The molecule has 0 aliphatic heterocycles. The van der Waals surface area contributed by atoms with Gasteiger partial charge in [-0.25, -0.2) is 9.97 Å². The van der Waals surface area contributed by atoms with Crippen molar-refractivity contribution in [2.45, 2.75) is 20.3 Å². The van der Waals surface area contributed by atoms with Gasteiger partial charge in [-0.15, -0.1) is 0 Å². The molecule has 3 rings (SSSR count). The van der Waals surface area contributed by atoms with Gasteiger partial charge in [0.25, 0.3) is 0 Å². The Morgan fingerprint density at radius 2 is 1.90 bits per heavy atom. The molecule has 100 valence electrons. The minimum atomic E-state index is -0.0206. The maximum absolute atomic E-state index is 12.1. The SMILES string of the molecule is CCc1cc(=O)c2c(C)nc(-c3ccccc3)nc2[nH]1. The highest BCUT2D eigenvalue weighted by Gasteiger charge is 2.10. The Labute approximate surface area is 116 Å². The minimum absolute atomic E-state index is 0.0206. The summed E-state index contributed by atoms with van der Waals surface area (Å²) in [5.74, 6) is 0.638. The summed E-state index contributed by atoms with van der Waals surface area (Å²) < 4.78 is 0. The second-order valence-corrected chi connectivity index (χ2v) is 4.73. The first-order valence-electron chi connectivity index (χ1n) is 6.65. The molecule has 0 spiro atoms. The Bertz CT molecular complexity index is 822. The predicted octanol–water partition coefficient (Wildman–Crippen LogP) is 2.86. The van der Waals surface area contributed by atoms with Crippen molar-refractivity contribution in [3.8, 4) is 11.4 Å². The van der Waals surface area contributed by atoms with Crippen molar-refractivity contribution in [3.63, 3.8) is 0 Å². The second-order valence-electron chi connectivity index (χ2n) is 4.73. The van der Waals surface area contributed by atoms with Gasteiger partial charge < -0.3 is 4.98 Å². The number of hydrogen-bond acceptors (Lipinski definition) is 3. The molecule has 1 aromatic carbocycles. The lowest BCUT2D eigenvalue weighted by molar-refractivity contribution is 1.03. The number of pyridine rings is 1. The molecule has 0 unspecified atom stereocenters. The first-order chi connectivity index (χ1) is 9.69.